The summed E-state index contributed by atoms with van der Waals surface area (Å²) in [5.41, 5.74) is 0.635. The molecule has 0 bridgehead atoms. The van der Waals surface area contributed by atoms with Crippen molar-refractivity contribution < 1.29 is 14.3 Å². The highest BCUT2D eigenvalue weighted by Crippen LogP contribution is 2.26. The number of rotatable bonds is 7. The molecule has 2 fully saturated rings. The molecule has 6 heteroatoms. The summed E-state index contributed by atoms with van der Waals surface area (Å²) < 4.78 is 11.1. The lowest BCUT2D eigenvalue weighted by Gasteiger charge is -2.39. The minimum atomic E-state index is -0.0857. The zero-order chi connectivity index (χ0) is 18.2. The summed E-state index contributed by atoms with van der Waals surface area (Å²) in [5, 5.41) is 2.84. The Balaban J connectivity index is 1.47. The number of likely N-dealkylation sites (tertiary alicyclic amines) is 1. The lowest BCUT2D eigenvalue weighted by molar-refractivity contribution is 0.0723. The number of nitrogens with one attached hydrogen (secondary N) is 1. The topological polar surface area (TPSA) is 50.8 Å². The molecule has 0 spiro atoms. The van der Waals surface area contributed by atoms with Crippen LogP contribution >= 0.6 is 11.8 Å². The van der Waals surface area contributed by atoms with Gasteiger partial charge in [-0.2, -0.15) is 11.8 Å². The van der Waals surface area contributed by atoms with Crippen molar-refractivity contribution in [2.75, 3.05) is 44.9 Å². The van der Waals surface area contributed by atoms with Gasteiger partial charge in [0.25, 0.3) is 5.91 Å². The van der Waals surface area contributed by atoms with Crippen LogP contribution in [0.4, 0.5) is 0 Å². The normalized spacial score (nSPS) is 20.0. The van der Waals surface area contributed by atoms with E-state index in [4.69, 9.17) is 9.47 Å². The maximum atomic E-state index is 12.2. The Labute approximate surface area is 160 Å². The van der Waals surface area contributed by atoms with Gasteiger partial charge in [0.15, 0.2) is 0 Å². The summed E-state index contributed by atoms with van der Waals surface area (Å²) in [7, 11) is 1.62. The van der Waals surface area contributed by atoms with Crippen LogP contribution in [0, 0.1) is 0 Å². The van der Waals surface area contributed by atoms with Gasteiger partial charge in [-0.3, -0.25) is 4.79 Å². The third kappa shape index (κ3) is 5.63. The van der Waals surface area contributed by atoms with Crippen molar-refractivity contribution in [3.8, 4) is 5.75 Å². The first-order chi connectivity index (χ1) is 12.8. The average Bonchev–Trinajstić information content (AvgIpc) is 2.69. The number of carbonyl (C=O) groups excluding carboxylic acids is 1. The molecule has 3 rings (SSSR count). The summed E-state index contributed by atoms with van der Waals surface area (Å²) in [6, 6.07) is 8.26. The number of ether oxygens (including phenoxy) is 2. The standard InChI is InChI=1S/C20H30N2O3S/c1-24-12-9-21-20(23)16-3-2-4-19(15-16)25-18-5-10-22(11-6-18)17-7-13-26-14-8-17/h2-4,15,17-18H,5-14H2,1H3,(H,21,23). The van der Waals surface area contributed by atoms with Crippen molar-refractivity contribution in [3.63, 3.8) is 0 Å². The second-order valence-corrected chi connectivity index (χ2v) is 8.20. The summed E-state index contributed by atoms with van der Waals surface area (Å²) in [4.78, 5) is 14.8. The third-order valence-corrected chi connectivity index (χ3v) is 6.22. The smallest absolute Gasteiger partial charge is 0.251 e. The predicted octanol–water partition coefficient (Wildman–Crippen LogP) is 2.80. The number of thioether (sulfide) groups is 1. The molecular formula is C20H30N2O3S. The van der Waals surface area contributed by atoms with E-state index >= 15 is 0 Å². The molecule has 1 aromatic carbocycles. The molecule has 5 nitrogen and oxygen atoms in total. The van der Waals surface area contributed by atoms with E-state index in [1.807, 2.05) is 24.3 Å². The summed E-state index contributed by atoms with van der Waals surface area (Å²) in [6.07, 6.45) is 5.03. The van der Waals surface area contributed by atoms with E-state index < -0.39 is 0 Å². The van der Waals surface area contributed by atoms with E-state index in [1.54, 1.807) is 7.11 Å². The van der Waals surface area contributed by atoms with Crippen LogP contribution in [0.15, 0.2) is 24.3 Å². The van der Waals surface area contributed by atoms with Gasteiger partial charge in [-0.05, 0) is 55.4 Å². The Hall–Kier alpha value is -1.24. The molecule has 0 unspecified atom stereocenters. The van der Waals surface area contributed by atoms with E-state index in [2.05, 4.69) is 22.0 Å². The molecule has 144 valence electrons. The number of amides is 1. The van der Waals surface area contributed by atoms with Crippen molar-refractivity contribution in [3.05, 3.63) is 29.8 Å². The van der Waals surface area contributed by atoms with Gasteiger partial charge < -0.3 is 19.7 Å². The van der Waals surface area contributed by atoms with Gasteiger partial charge in [-0.15, -0.1) is 0 Å². The fourth-order valence-electron chi connectivity index (χ4n) is 3.68. The lowest BCUT2D eigenvalue weighted by Crippen LogP contribution is -2.45. The summed E-state index contributed by atoms with van der Waals surface area (Å²) >= 11 is 2.08. The molecule has 0 radical (unpaired) electrons. The Bertz CT molecular complexity index is 570. The molecule has 0 saturated carbocycles. The first-order valence-corrected chi connectivity index (χ1v) is 10.8. The molecule has 1 amide bonds. The number of carbonyl (C=O) groups is 1. The average molecular weight is 379 g/mol. The third-order valence-electron chi connectivity index (χ3n) is 5.17. The van der Waals surface area contributed by atoms with Crippen molar-refractivity contribution in [1.82, 2.24) is 10.2 Å². The van der Waals surface area contributed by atoms with Gasteiger partial charge in [-0.25, -0.2) is 0 Å². The van der Waals surface area contributed by atoms with Crippen LogP contribution in [0.25, 0.3) is 0 Å². The SMILES string of the molecule is COCCNC(=O)c1cccc(OC2CCN(C3CCSCC3)CC2)c1. The quantitative estimate of drug-likeness (QED) is 0.740. The first-order valence-electron chi connectivity index (χ1n) is 9.62. The van der Waals surface area contributed by atoms with Crippen LogP contribution in [0.3, 0.4) is 0 Å². The van der Waals surface area contributed by atoms with Crippen LogP contribution in [0.1, 0.15) is 36.0 Å². The molecule has 2 saturated heterocycles. The second kappa shape index (κ2) is 10.2. The Morgan fingerprint density at radius 2 is 2.00 bits per heavy atom. The molecular weight excluding hydrogens is 348 g/mol. The maximum Gasteiger partial charge on any atom is 0.251 e. The molecule has 0 atom stereocenters. The van der Waals surface area contributed by atoms with Crippen molar-refractivity contribution in [2.24, 2.45) is 0 Å². The highest BCUT2D eigenvalue weighted by molar-refractivity contribution is 7.99. The fourth-order valence-corrected chi connectivity index (χ4v) is 4.76. The molecule has 2 aliphatic heterocycles. The minimum Gasteiger partial charge on any atom is -0.490 e. The van der Waals surface area contributed by atoms with E-state index in [9.17, 15) is 4.79 Å². The van der Waals surface area contributed by atoms with E-state index in [-0.39, 0.29) is 12.0 Å². The maximum absolute atomic E-state index is 12.2. The monoisotopic (exact) mass is 378 g/mol. The van der Waals surface area contributed by atoms with Crippen LogP contribution in [-0.2, 0) is 4.74 Å². The Morgan fingerprint density at radius 3 is 2.73 bits per heavy atom. The highest BCUT2D eigenvalue weighted by atomic mass is 32.2. The van der Waals surface area contributed by atoms with Gasteiger partial charge in [0.1, 0.15) is 11.9 Å². The second-order valence-electron chi connectivity index (χ2n) is 6.97. The Morgan fingerprint density at radius 1 is 1.23 bits per heavy atom. The number of methoxy groups -OCH3 is 1. The number of hydrogen-bond acceptors (Lipinski definition) is 5. The van der Waals surface area contributed by atoms with E-state index in [1.165, 1.54) is 24.3 Å². The number of nitrogens with zero attached hydrogens (tertiary/aromatic N) is 1. The molecule has 0 aliphatic carbocycles. The zero-order valence-electron chi connectivity index (χ0n) is 15.6. The fraction of sp³-hybridized carbons (Fsp3) is 0.650. The zero-order valence-corrected chi connectivity index (χ0v) is 16.4. The summed E-state index contributed by atoms with van der Waals surface area (Å²) in [6.45, 7) is 3.27. The molecule has 2 heterocycles. The highest BCUT2D eigenvalue weighted by Gasteiger charge is 2.27. The predicted molar refractivity (Wildman–Crippen MR) is 106 cm³/mol. The Kier molecular flexibility index (Phi) is 7.65. The molecule has 1 N–H and O–H groups in total. The van der Waals surface area contributed by atoms with Crippen LogP contribution in [-0.4, -0.2) is 67.8 Å². The largest absolute Gasteiger partial charge is 0.490 e. The number of hydrogen-bond donors (Lipinski definition) is 1. The first kappa shape index (κ1) is 19.5. The lowest BCUT2D eigenvalue weighted by atomic mass is 10.0. The van der Waals surface area contributed by atoms with Gasteiger partial charge in [-0.1, -0.05) is 6.07 Å². The minimum absolute atomic E-state index is 0.0857. The molecule has 26 heavy (non-hydrogen) atoms. The molecule has 1 aromatic rings. The van der Waals surface area contributed by atoms with Gasteiger partial charge in [0, 0.05) is 38.3 Å². The van der Waals surface area contributed by atoms with Crippen LogP contribution in [0.5, 0.6) is 5.75 Å². The van der Waals surface area contributed by atoms with Crippen LogP contribution in [0.2, 0.25) is 0 Å². The van der Waals surface area contributed by atoms with Crippen molar-refractivity contribution in [1.29, 1.82) is 0 Å². The van der Waals surface area contributed by atoms with Gasteiger partial charge in [0.2, 0.25) is 0 Å². The van der Waals surface area contributed by atoms with E-state index in [0.29, 0.717) is 18.7 Å². The number of piperidine rings is 1. The number of benzene rings is 1. The van der Waals surface area contributed by atoms with Gasteiger partial charge in [0.05, 0.1) is 6.61 Å². The van der Waals surface area contributed by atoms with Crippen molar-refractivity contribution >= 4 is 17.7 Å². The molecule has 0 aromatic heterocycles. The van der Waals surface area contributed by atoms with Gasteiger partial charge >= 0.3 is 0 Å². The van der Waals surface area contributed by atoms with Crippen LogP contribution < -0.4 is 10.1 Å². The molecule has 2 aliphatic rings. The van der Waals surface area contributed by atoms with Crippen molar-refractivity contribution in [2.45, 2.75) is 37.8 Å². The van der Waals surface area contributed by atoms with E-state index in [0.717, 1.165) is 37.7 Å². The summed E-state index contributed by atoms with van der Waals surface area (Å²) in [5.74, 6) is 3.31.